The van der Waals surface area contributed by atoms with Crippen LogP contribution in [0.2, 0.25) is 5.02 Å². The summed E-state index contributed by atoms with van der Waals surface area (Å²) in [4.78, 5) is 34.1. The van der Waals surface area contributed by atoms with Crippen molar-refractivity contribution in [3.8, 4) is 23.2 Å². The molecule has 258 valence electrons. The third-order valence-electron chi connectivity index (χ3n) is 9.93. The number of nitrogens with two attached hydrogens (primary N) is 1. The van der Waals surface area contributed by atoms with Crippen molar-refractivity contribution in [1.82, 2.24) is 34.3 Å². The summed E-state index contributed by atoms with van der Waals surface area (Å²) in [6.07, 6.45) is 4.97. The molecule has 2 aromatic carbocycles. The highest BCUT2D eigenvalue weighted by Gasteiger charge is 2.49. The van der Waals surface area contributed by atoms with Crippen LogP contribution in [-0.2, 0) is 0 Å². The van der Waals surface area contributed by atoms with Gasteiger partial charge < -0.3 is 20.7 Å². The van der Waals surface area contributed by atoms with E-state index in [1.165, 1.54) is 29.1 Å². The van der Waals surface area contributed by atoms with Crippen LogP contribution >= 0.6 is 22.9 Å². The van der Waals surface area contributed by atoms with Crippen molar-refractivity contribution in [2.24, 2.45) is 0 Å². The molecule has 3 aliphatic heterocycles. The lowest BCUT2D eigenvalue weighted by Crippen LogP contribution is -2.44. The average Bonchev–Trinajstić information content (AvgIpc) is 3.88. The average molecular weight is 723 g/mol. The lowest BCUT2D eigenvalue weighted by molar-refractivity contribution is 0.107. The third-order valence-corrected chi connectivity index (χ3v) is 11.1. The third kappa shape index (κ3) is 5.53. The number of amides is 1. The van der Waals surface area contributed by atoms with Crippen molar-refractivity contribution in [2.75, 3.05) is 43.8 Å². The smallest absolute Gasteiger partial charge is 0.330 e. The number of halogens is 4. The van der Waals surface area contributed by atoms with Gasteiger partial charge in [-0.15, -0.1) is 0 Å². The molecule has 3 saturated heterocycles. The number of fused-ring (bicyclic) bond motifs is 3. The number of aromatic nitrogens is 5. The molecule has 3 fully saturated rings. The number of nitrogens with one attached hydrogen (secondary N) is 1. The molecule has 12 nitrogen and oxygen atoms in total. The van der Waals surface area contributed by atoms with E-state index in [9.17, 15) is 18.8 Å². The van der Waals surface area contributed by atoms with Gasteiger partial charge in [-0.1, -0.05) is 22.9 Å². The number of thiazole rings is 1. The topological polar surface area (TPSA) is 151 Å². The van der Waals surface area contributed by atoms with Crippen LogP contribution < -0.4 is 15.8 Å². The summed E-state index contributed by atoms with van der Waals surface area (Å²) in [5, 5.41) is 13.1. The Morgan fingerprint density at radius 1 is 1.20 bits per heavy atom. The zero-order chi connectivity index (χ0) is 34.7. The molecule has 50 heavy (non-hydrogen) atoms. The largest absolute Gasteiger partial charge is 0.461 e. The Kier molecular flexibility index (Phi) is 8.16. The van der Waals surface area contributed by atoms with E-state index in [1.54, 1.807) is 11.0 Å². The first-order chi connectivity index (χ1) is 24.1. The van der Waals surface area contributed by atoms with Gasteiger partial charge in [0.2, 0.25) is 5.82 Å². The SMILES string of the molecule is N#Cc1nccn1C(=O)N1CCC(Nc2nc(OC[C@@]34CCCN3C[C@H](F)C4)nc3c(F)c(-c4ccc(F)c5sc(N)nc45)c(Cl)cc23)CC1. The van der Waals surface area contributed by atoms with Crippen LogP contribution in [0, 0.1) is 23.0 Å². The molecule has 8 rings (SSSR count). The fourth-order valence-corrected chi connectivity index (χ4v) is 8.60. The summed E-state index contributed by atoms with van der Waals surface area (Å²) < 4.78 is 53.5. The number of piperidine rings is 1. The maximum Gasteiger partial charge on any atom is 0.330 e. The van der Waals surface area contributed by atoms with Crippen LogP contribution in [0.1, 0.15) is 37.9 Å². The Labute approximate surface area is 292 Å². The molecule has 0 unspecified atom stereocenters. The molecule has 0 bridgehead atoms. The second kappa shape index (κ2) is 12.6. The highest BCUT2D eigenvalue weighted by molar-refractivity contribution is 7.22. The highest BCUT2D eigenvalue weighted by Crippen LogP contribution is 2.43. The molecule has 0 radical (unpaired) electrons. The second-order valence-corrected chi connectivity index (χ2v) is 14.3. The number of ether oxygens (including phenoxy) is 1. The highest BCUT2D eigenvalue weighted by atomic mass is 35.5. The zero-order valence-electron chi connectivity index (χ0n) is 26.5. The van der Waals surface area contributed by atoms with Gasteiger partial charge in [-0.05, 0) is 50.4 Å². The van der Waals surface area contributed by atoms with Gasteiger partial charge in [0.15, 0.2) is 10.9 Å². The summed E-state index contributed by atoms with van der Waals surface area (Å²) in [6, 6.07) is 5.48. The molecule has 5 aromatic rings. The number of benzene rings is 2. The van der Waals surface area contributed by atoms with E-state index < -0.39 is 23.3 Å². The van der Waals surface area contributed by atoms with Crippen LogP contribution in [-0.4, -0.2) is 90.9 Å². The van der Waals surface area contributed by atoms with E-state index in [4.69, 9.17) is 22.1 Å². The van der Waals surface area contributed by atoms with E-state index >= 15 is 4.39 Å². The number of hydrogen-bond donors (Lipinski definition) is 2. The molecule has 2 atom stereocenters. The van der Waals surface area contributed by atoms with Gasteiger partial charge in [0.05, 0.1) is 20.8 Å². The first-order valence-corrected chi connectivity index (χ1v) is 17.4. The normalized spacial score (nSPS) is 21.2. The first kappa shape index (κ1) is 32.5. The van der Waals surface area contributed by atoms with Crippen molar-refractivity contribution in [3.63, 3.8) is 0 Å². The standard InChI is InChI=1S/C33H30ClF3N10O2S/c34-21-12-20-26(25(37)24(21)19-2-3-22(36)28-27(19)42-30(39)50-28)43-31(49-16-33-6-1-8-46(33)15-17(35)13-33)44-29(20)41-18-4-9-45(10-5-18)32(48)47-11-7-40-23(47)14-38/h2-3,7,11-12,17-18H,1,4-6,8-10,13,15-16H2,(H2,39,42)(H,41,43,44)/t17-,33+/m1/s1. The fraction of sp³-hybridized carbons (Fsp3) is 0.394. The van der Waals surface area contributed by atoms with Gasteiger partial charge >= 0.3 is 12.0 Å². The van der Waals surface area contributed by atoms with Gasteiger partial charge in [0, 0.05) is 61.0 Å². The summed E-state index contributed by atoms with van der Waals surface area (Å²) in [5.41, 5.74) is 5.74. The molecular formula is C33H30ClF3N10O2S. The molecular weight excluding hydrogens is 693 g/mol. The number of rotatable bonds is 6. The maximum absolute atomic E-state index is 16.8. The summed E-state index contributed by atoms with van der Waals surface area (Å²) in [5.74, 6) is -1.03. The van der Waals surface area contributed by atoms with Crippen LogP contribution in [0.25, 0.3) is 32.2 Å². The lowest BCUT2D eigenvalue weighted by atomic mass is 9.95. The van der Waals surface area contributed by atoms with Crippen LogP contribution in [0.15, 0.2) is 30.6 Å². The minimum atomic E-state index is -0.957. The minimum absolute atomic E-state index is 0.00744. The lowest BCUT2D eigenvalue weighted by Gasteiger charge is -2.33. The predicted molar refractivity (Wildman–Crippen MR) is 182 cm³/mol. The number of alkyl halides is 1. The Balaban J connectivity index is 1.14. The van der Waals surface area contributed by atoms with Gasteiger partial charge in [0.25, 0.3) is 0 Å². The molecule has 1 amide bonds. The fourth-order valence-electron chi connectivity index (χ4n) is 7.54. The van der Waals surface area contributed by atoms with Crippen LogP contribution in [0.3, 0.4) is 0 Å². The van der Waals surface area contributed by atoms with Crippen molar-refractivity contribution >= 4 is 61.0 Å². The van der Waals surface area contributed by atoms with Crippen molar-refractivity contribution in [1.29, 1.82) is 5.26 Å². The quantitative estimate of drug-likeness (QED) is 0.214. The van der Waals surface area contributed by atoms with E-state index in [-0.39, 0.29) is 73.3 Å². The Hall–Kier alpha value is -4.72. The van der Waals surface area contributed by atoms with Gasteiger partial charge in [-0.2, -0.15) is 15.2 Å². The molecule has 17 heteroatoms. The van der Waals surface area contributed by atoms with E-state index in [1.807, 2.05) is 6.07 Å². The molecule has 3 aromatic heterocycles. The number of carbonyl (C=O) groups is 1. The minimum Gasteiger partial charge on any atom is -0.461 e. The van der Waals surface area contributed by atoms with Crippen molar-refractivity contribution in [2.45, 2.75) is 49.9 Å². The van der Waals surface area contributed by atoms with Gasteiger partial charge in [-0.3, -0.25) is 4.90 Å². The number of carbonyl (C=O) groups excluding carboxylic acids is 1. The molecule has 3 aliphatic rings. The number of nitrogen functional groups attached to an aromatic ring is 1. The molecule has 3 N–H and O–H groups in total. The van der Waals surface area contributed by atoms with E-state index in [0.717, 1.165) is 30.7 Å². The summed E-state index contributed by atoms with van der Waals surface area (Å²) in [7, 11) is 0. The number of nitrogens with zero attached hydrogens (tertiary/aromatic N) is 8. The van der Waals surface area contributed by atoms with Crippen LogP contribution in [0.5, 0.6) is 6.01 Å². The monoisotopic (exact) mass is 722 g/mol. The maximum atomic E-state index is 16.8. The van der Waals surface area contributed by atoms with Crippen molar-refractivity contribution < 1.29 is 22.7 Å². The Morgan fingerprint density at radius 2 is 2.02 bits per heavy atom. The van der Waals surface area contributed by atoms with Crippen molar-refractivity contribution in [3.05, 3.63) is 53.1 Å². The molecule has 0 saturated carbocycles. The summed E-state index contributed by atoms with van der Waals surface area (Å²) in [6.45, 7) is 2.02. The summed E-state index contributed by atoms with van der Waals surface area (Å²) >= 11 is 7.73. The molecule has 6 heterocycles. The van der Waals surface area contributed by atoms with Gasteiger partial charge in [-0.25, -0.2) is 32.5 Å². The number of nitriles is 1. The predicted octanol–water partition coefficient (Wildman–Crippen LogP) is 5.99. The number of likely N-dealkylation sites (tertiary alicyclic amines) is 1. The second-order valence-electron chi connectivity index (χ2n) is 12.9. The van der Waals surface area contributed by atoms with E-state index in [2.05, 4.69) is 30.2 Å². The van der Waals surface area contributed by atoms with E-state index in [0.29, 0.717) is 44.3 Å². The Bertz CT molecular complexity index is 2200. The Morgan fingerprint density at radius 3 is 2.82 bits per heavy atom. The number of anilines is 2. The molecule has 0 aliphatic carbocycles. The number of hydrogen-bond acceptors (Lipinski definition) is 11. The zero-order valence-corrected chi connectivity index (χ0v) is 28.1. The number of imidazole rings is 1. The molecule has 0 spiro atoms. The van der Waals surface area contributed by atoms with Crippen LogP contribution in [0.4, 0.5) is 28.9 Å². The first-order valence-electron chi connectivity index (χ1n) is 16.2. The van der Waals surface area contributed by atoms with Gasteiger partial charge in [0.1, 0.15) is 36.0 Å².